The van der Waals surface area contributed by atoms with Gasteiger partial charge in [-0.15, -0.1) is 0 Å². The minimum absolute atomic E-state index is 0.172. The van der Waals surface area contributed by atoms with Crippen LogP contribution >= 0.6 is 0 Å². The van der Waals surface area contributed by atoms with E-state index in [4.69, 9.17) is 0 Å². The van der Waals surface area contributed by atoms with Gasteiger partial charge in [0.15, 0.2) is 0 Å². The molecule has 4 aromatic rings. The van der Waals surface area contributed by atoms with Gasteiger partial charge in [0.1, 0.15) is 5.82 Å². The lowest BCUT2D eigenvalue weighted by Crippen LogP contribution is -2.23. The molecule has 3 aromatic carbocycles. The molecule has 0 unspecified atom stereocenters. The first kappa shape index (κ1) is 17.6. The molecule has 28 heavy (non-hydrogen) atoms. The van der Waals surface area contributed by atoms with E-state index in [1.54, 1.807) is 18.7 Å². The Hall–Kier alpha value is -3.80. The Morgan fingerprint density at radius 2 is 1.54 bits per heavy atom. The van der Waals surface area contributed by atoms with Crippen LogP contribution in [0.5, 0.6) is 0 Å². The van der Waals surface area contributed by atoms with Crippen LogP contribution in [0.15, 0.2) is 77.6 Å². The van der Waals surface area contributed by atoms with Gasteiger partial charge in [-0.2, -0.15) is 0 Å². The zero-order valence-electron chi connectivity index (χ0n) is 15.6. The SMILES string of the molecule is Cc1c(NC(=O)Nc2cccc3ccccc23)n(C)n(-c2ccccc2)c1=O. The summed E-state index contributed by atoms with van der Waals surface area (Å²) in [7, 11) is 1.74. The van der Waals surface area contributed by atoms with Crippen LogP contribution in [-0.4, -0.2) is 15.4 Å². The van der Waals surface area contributed by atoms with E-state index in [1.807, 2.05) is 72.8 Å². The average molecular weight is 372 g/mol. The van der Waals surface area contributed by atoms with Gasteiger partial charge < -0.3 is 5.32 Å². The Bertz CT molecular complexity index is 1220. The number of benzene rings is 3. The van der Waals surface area contributed by atoms with E-state index in [0.29, 0.717) is 17.1 Å². The highest BCUT2D eigenvalue weighted by Crippen LogP contribution is 2.23. The molecule has 0 aliphatic heterocycles. The lowest BCUT2D eigenvalue weighted by atomic mass is 10.1. The quantitative estimate of drug-likeness (QED) is 0.564. The second-order valence-electron chi connectivity index (χ2n) is 6.56. The smallest absolute Gasteiger partial charge is 0.307 e. The zero-order chi connectivity index (χ0) is 19.7. The highest BCUT2D eigenvalue weighted by Gasteiger charge is 2.17. The van der Waals surface area contributed by atoms with E-state index < -0.39 is 6.03 Å². The maximum absolute atomic E-state index is 12.7. The van der Waals surface area contributed by atoms with Gasteiger partial charge in [-0.05, 0) is 30.5 Å². The molecule has 0 aliphatic rings. The summed E-state index contributed by atoms with van der Waals surface area (Å²) in [5.41, 5.74) is 1.75. The van der Waals surface area contributed by atoms with E-state index in [-0.39, 0.29) is 5.56 Å². The molecule has 140 valence electrons. The number of carbonyl (C=O) groups is 1. The maximum Gasteiger partial charge on any atom is 0.324 e. The molecule has 1 aromatic heterocycles. The molecule has 0 radical (unpaired) electrons. The summed E-state index contributed by atoms with van der Waals surface area (Å²) in [6.45, 7) is 1.70. The Balaban J connectivity index is 1.64. The summed E-state index contributed by atoms with van der Waals surface area (Å²) in [6.07, 6.45) is 0. The number of hydrogen-bond acceptors (Lipinski definition) is 2. The lowest BCUT2D eigenvalue weighted by Gasteiger charge is -2.13. The molecule has 0 saturated carbocycles. The van der Waals surface area contributed by atoms with Crippen molar-refractivity contribution in [3.8, 4) is 5.69 Å². The summed E-state index contributed by atoms with van der Waals surface area (Å²) in [4.78, 5) is 25.3. The topological polar surface area (TPSA) is 68.1 Å². The van der Waals surface area contributed by atoms with Crippen molar-refractivity contribution in [1.29, 1.82) is 0 Å². The molecule has 0 bridgehead atoms. The minimum Gasteiger partial charge on any atom is -0.307 e. The van der Waals surface area contributed by atoms with Gasteiger partial charge in [0.25, 0.3) is 5.56 Å². The number of nitrogens with one attached hydrogen (secondary N) is 2. The fraction of sp³-hybridized carbons (Fsp3) is 0.0909. The van der Waals surface area contributed by atoms with E-state index in [0.717, 1.165) is 16.5 Å². The molecule has 0 aliphatic carbocycles. The predicted octanol–water partition coefficient (Wildman–Crippen LogP) is 4.28. The van der Waals surface area contributed by atoms with E-state index in [2.05, 4.69) is 10.6 Å². The number of nitrogens with zero attached hydrogens (tertiary/aromatic N) is 2. The van der Waals surface area contributed by atoms with Crippen LogP contribution in [0.25, 0.3) is 16.5 Å². The van der Waals surface area contributed by atoms with Crippen molar-refractivity contribution in [1.82, 2.24) is 9.36 Å². The first-order chi connectivity index (χ1) is 13.6. The van der Waals surface area contributed by atoms with Crippen LogP contribution in [0.3, 0.4) is 0 Å². The second-order valence-corrected chi connectivity index (χ2v) is 6.56. The van der Waals surface area contributed by atoms with Gasteiger partial charge in [-0.1, -0.05) is 54.6 Å². The van der Waals surface area contributed by atoms with Gasteiger partial charge >= 0.3 is 6.03 Å². The monoisotopic (exact) mass is 372 g/mol. The zero-order valence-corrected chi connectivity index (χ0v) is 15.6. The normalized spacial score (nSPS) is 10.8. The van der Waals surface area contributed by atoms with Crippen LogP contribution in [0.1, 0.15) is 5.56 Å². The molecule has 2 N–H and O–H groups in total. The molecule has 6 nitrogen and oxygen atoms in total. The Kier molecular flexibility index (Phi) is 4.45. The summed E-state index contributed by atoms with van der Waals surface area (Å²) < 4.78 is 3.18. The van der Waals surface area contributed by atoms with Gasteiger partial charge in [0.2, 0.25) is 0 Å². The number of urea groups is 1. The van der Waals surface area contributed by atoms with Crippen molar-refractivity contribution in [2.24, 2.45) is 7.05 Å². The summed E-state index contributed by atoms with van der Waals surface area (Å²) in [6, 6.07) is 22.5. The standard InChI is InChI=1S/C22H20N4O2/c1-15-20(25(2)26(21(15)27)17-11-4-3-5-12-17)24-22(28)23-19-14-8-10-16-9-6-7-13-18(16)19/h3-14H,1-2H3,(H2,23,24,28). The number of anilines is 2. The summed E-state index contributed by atoms with van der Waals surface area (Å²) in [5, 5.41) is 7.69. The van der Waals surface area contributed by atoms with Crippen LogP contribution in [0, 0.1) is 6.92 Å². The van der Waals surface area contributed by atoms with Crippen molar-refractivity contribution in [3.63, 3.8) is 0 Å². The molecule has 2 amide bonds. The van der Waals surface area contributed by atoms with Gasteiger partial charge in [0.05, 0.1) is 16.9 Å². The first-order valence-electron chi connectivity index (χ1n) is 8.96. The van der Waals surface area contributed by atoms with E-state index >= 15 is 0 Å². The molecule has 1 heterocycles. The van der Waals surface area contributed by atoms with Gasteiger partial charge in [0, 0.05) is 12.4 Å². The summed E-state index contributed by atoms with van der Waals surface area (Å²) >= 11 is 0. The first-order valence-corrected chi connectivity index (χ1v) is 8.96. The number of carbonyl (C=O) groups excluding carboxylic acids is 1. The minimum atomic E-state index is -0.403. The maximum atomic E-state index is 12.7. The Labute approximate surface area is 162 Å². The van der Waals surface area contributed by atoms with Crippen molar-refractivity contribution >= 4 is 28.3 Å². The molecule has 0 fully saturated rings. The molecular weight excluding hydrogens is 352 g/mol. The fourth-order valence-corrected chi connectivity index (χ4v) is 3.37. The average Bonchev–Trinajstić information content (AvgIpc) is 2.92. The van der Waals surface area contributed by atoms with Crippen molar-refractivity contribution < 1.29 is 4.79 Å². The predicted molar refractivity (Wildman–Crippen MR) is 112 cm³/mol. The third kappa shape index (κ3) is 3.05. The third-order valence-corrected chi connectivity index (χ3v) is 4.76. The van der Waals surface area contributed by atoms with E-state index in [1.165, 1.54) is 4.68 Å². The number of hydrogen-bond donors (Lipinski definition) is 2. The highest BCUT2D eigenvalue weighted by atomic mass is 16.2. The van der Waals surface area contributed by atoms with Gasteiger partial charge in [-0.25, -0.2) is 9.48 Å². The molecule has 0 saturated heterocycles. The van der Waals surface area contributed by atoms with E-state index in [9.17, 15) is 9.59 Å². The Morgan fingerprint density at radius 3 is 2.32 bits per heavy atom. The third-order valence-electron chi connectivity index (χ3n) is 4.76. The van der Waals surface area contributed by atoms with Gasteiger partial charge in [-0.3, -0.25) is 14.8 Å². The number of para-hydroxylation sites is 1. The molecule has 0 spiro atoms. The number of amides is 2. The van der Waals surface area contributed by atoms with Crippen molar-refractivity contribution in [3.05, 3.63) is 88.7 Å². The fourth-order valence-electron chi connectivity index (χ4n) is 3.37. The Morgan fingerprint density at radius 1 is 0.857 bits per heavy atom. The molecular formula is C22H20N4O2. The number of rotatable bonds is 3. The molecule has 4 rings (SSSR count). The van der Waals surface area contributed by atoms with Crippen molar-refractivity contribution in [2.75, 3.05) is 10.6 Å². The second kappa shape index (κ2) is 7.08. The largest absolute Gasteiger partial charge is 0.324 e. The van der Waals surface area contributed by atoms with Crippen molar-refractivity contribution in [2.45, 2.75) is 6.92 Å². The number of aromatic nitrogens is 2. The van der Waals surface area contributed by atoms with Crippen LogP contribution < -0.4 is 16.2 Å². The van der Waals surface area contributed by atoms with Crippen LogP contribution in [0.4, 0.5) is 16.3 Å². The van der Waals surface area contributed by atoms with Crippen LogP contribution in [0.2, 0.25) is 0 Å². The number of fused-ring (bicyclic) bond motifs is 1. The van der Waals surface area contributed by atoms with Crippen LogP contribution in [-0.2, 0) is 7.05 Å². The summed E-state index contributed by atoms with van der Waals surface area (Å²) in [5.74, 6) is 0.451. The lowest BCUT2D eigenvalue weighted by molar-refractivity contribution is 0.262. The highest BCUT2D eigenvalue weighted by molar-refractivity contribution is 6.06. The molecule has 6 heteroatoms. The molecule has 0 atom stereocenters.